The molecule has 0 aliphatic carbocycles. The van der Waals surface area contributed by atoms with Gasteiger partial charge in [0.1, 0.15) is 12.4 Å². The van der Waals surface area contributed by atoms with Gasteiger partial charge in [0, 0.05) is 47.1 Å². The highest BCUT2D eigenvalue weighted by atomic mass is 35.5. The van der Waals surface area contributed by atoms with Gasteiger partial charge in [0.25, 0.3) is 5.91 Å². The number of nitrogens with zero attached hydrogens (tertiary/aromatic N) is 7. The number of amides is 2. The Labute approximate surface area is 256 Å². The fraction of sp³-hybridized carbons (Fsp3) is 0.129. The van der Waals surface area contributed by atoms with Crippen LogP contribution in [-0.2, 0) is 22.6 Å². The van der Waals surface area contributed by atoms with E-state index in [2.05, 4.69) is 20.8 Å². The van der Waals surface area contributed by atoms with Crippen LogP contribution in [0.4, 0.5) is 5.69 Å². The van der Waals surface area contributed by atoms with Crippen molar-refractivity contribution in [1.82, 2.24) is 34.9 Å². The number of carbonyl (C=O) groups excluding carboxylic acids is 2. The highest BCUT2D eigenvalue weighted by Gasteiger charge is 2.37. The SMILES string of the molecule is O=C(O)c1ccc(NC(=O)C2c3cn(Cc4ccccc4)nc3CCN2C(=O)C=Cc2cc(Cl)ccc2-n2cnnn2)cc1. The Hall–Kier alpha value is -5.62. The molecule has 3 heterocycles. The smallest absolute Gasteiger partial charge is 0.335 e. The lowest BCUT2D eigenvalue weighted by Gasteiger charge is -2.33. The van der Waals surface area contributed by atoms with Crippen molar-refractivity contribution < 1.29 is 19.5 Å². The molecule has 220 valence electrons. The Morgan fingerprint density at radius 3 is 2.57 bits per heavy atom. The molecular formula is C31H25ClN8O4. The second kappa shape index (κ2) is 12.3. The van der Waals surface area contributed by atoms with Crippen LogP contribution in [0.3, 0.4) is 0 Å². The summed E-state index contributed by atoms with van der Waals surface area (Å²) >= 11 is 6.24. The van der Waals surface area contributed by atoms with Crippen LogP contribution in [0.5, 0.6) is 0 Å². The molecular weight excluding hydrogens is 584 g/mol. The minimum absolute atomic E-state index is 0.0918. The van der Waals surface area contributed by atoms with E-state index in [0.29, 0.717) is 40.5 Å². The maximum atomic E-state index is 13.8. The predicted molar refractivity (Wildman–Crippen MR) is 161 cm³/mol. The van der Waals surface area contributed by atoms with E-state index in [4.69, 9.17) is 16.7 Å². The number of rotatable bonds is 8. The topological polar surface area (TPSA) is 148 Å². The summed E-state index contributed by atoms with van der Waals surface area (Å²) in [6.07, 6.45) is 6.70. The van der Waals surface area contributed by atoms with Crippen LogP contribution in [-0.4, -0.2) is 64.3 Å². The van der Waals surface area contributed by atoms with Crippen LogP contribution in [0.1, 0.15) is 38.8 Å². The van der Waals surface area contributed by atoms with E-state index in [0.717, 1.165) is 11.3 Å². The van der Waals surface area contributed by atoms with Gasteiger partial charge < -0.3 is 15.3 Å². The van der Waals surface area contributed by atoms with Gasteiger partial charge in [-0.25, -0.2) is 4.79 Å². The van der Waals surface area contributed by atoms with Gasteiger partial charge in [-0.15, -0.1) is 5.10 Å². The number of hydrogen-bond donors (Lipinski definition) is 2. The van der Waals surface area contributed by atoms with Gasteiger partial charge in [-0.1, -0.05) is 41.9 Å². The number of carboxylic acid groups (broad SMARTS) is 1. The first-order valence-corrected chi connectivity index (χ1v) is 14.0. The van der Waals surface area contributed by atoms with E-state index < -0.39 is 23.8 Å². The van der Waals surface area contributed by atoms with Crippen LogP contribution < -0.4 is 5.32 Å². The summed E-state index contributed by atoms with van der Waals surface area (Å²) in [6, 6.07) is 19.8. The Morgan fingerprint density at radius 1 is 1.05 bits per heavy atom. The van der Waals surface area contributed by atoms with Crippen LogP contribution in [0.2, 0.25) is 5.02 Å². The molecule has 1 aliphatic heterocycles. The second-order valence-electron chi connectivity index (χ2n) is 10.1. The highest BCUT2D eigenvalue weighted by molar-refractivity contribution is 6.30. The van der Waals surface area contributed by atoms with E-state index in [1.54, 1.807) is 35.2 Å². The minimum atomic E-state index is -1.07. The predicted octanol–water partition coefficient (Wildman–Crippen LogP) is 4.04. The summed E-state index contributed by atoms with van der Waals surface area (Å²) in [7, 11) is 0. The molecule has 1 atom stereocenters. The Balaban J connectivity index is 1.31. The quantitative estimate of drug-likeness (QED) is 0.251. The first-order chi connectivity index (χ1) is 21.4. The van der Waals surface area contributed by atoms with Crippen LogP contribution in [0.15, 0.2) is 91.4 Å². The molecule has 0 bridgehead atoms. The summed E-state index contributed by atoms with van der Waals surface area (Å²) in [6.45, 7) is 0.755. The lowest BCUT2D eigenvalue weighted by molar-refractivity contribution is -0.135. The molecule has 0 spiro atoms. The maximum absolute atomic E-state index is 13.8. The van der Waals surface area contributed by atoms with Gasteiger partial charge in [-0.2, -0.15) is 9.78 Å². The Bertz CT molecular complexity index is 1850. The number of halogens is 1. The molecule has 13 heteroatoms. The monoisotopic (exact) mass is 608 g/mol. The summed E-state index contributed by atoms with van der Waals surface area (Å²) in [4.78, 5) is 40.3. The summed E-state index contributed by atoms with van der Waals surface area (Å²) in [5.74, 6) is -1.92. The maximum Gasteiger partial charge on any atom is 0.335 e. The second-order valence-corrected chi connectivity index (χ2v) is 10.5. The van der Waals surface area contributed by atoms with Gasteiger partial charge in [-0.05, 0) is 64.5 Å². The molecule has 0 saturated heterocycles. The third-order valence-corrected chi connectivity index (χ3v) is 7.41. The van der Waals surface area contributed by atoms with Crippen molar-refractivity contribution in [1.29, 1.82) is 0 Å². The molecule has 0 fully saturated rings. The van der Waals surface area contributed by atoms with E-state index in [1.807, 2.05) is 30.3 Å². The number of carbonyl (C=O) groups is 3. The molecule has 6 rings (SSSR count). The van der Waals surface area contributed by atoms with E-state index in [-0.39, 0.29) is 12.1 Å². The molecule has 2 aromatic heterocycles. The van der Waals surface area contributed by atoms with Gasteiger partial charge in [0.15, 0.2) is 0 Å². The lowest BCUT2D eigenvalue weighted by atomic mass is 9.97. The number of benzene rings is 3. The van der Waals surface area contributed by atoms with Crippen LogP contribution in [0.25, 0.3) is 11.8 Å². The Morgan fingerprint density at radius 2 is 1.84 bits per heavy atom. The van der Waals surface area contributed by atoms with E-state index >= 15 is 0 Å². The zero-order chi connectivity index (χ0) is 30.6. The lowest BCUT2D eigenvalue weighted by Crippen LogP contribution is -2.44. The van der Waals surface area contributed by atoms with E-state index in [9.17, 15) is 19.5 Å². The Kier molecular flexibility index (Phi) is 7.98. The molecule has 2 amide bonds. The number of carboxylic acids is 1. The third-order valence-electron chi connectivity index (χ3n) is 7.18. The molecule has 44 heavy (non-hydrogen) atoms. The van der Waals surface area contributed by atoms with Crippen molar-refractivity contribution in [3.05, 3.63) is 124 Å². The normalized spacial score (nSPS) is 14.4. The molecule has 12 nitrogen and oxygen atoms in total. The first-order valence-electron chi connectivity index (χ1n) is 13.6. The highest BCUT2D eigenvalue weighted by Crippen LogP contribution is 2.31. The fourth-order valence-corrected chi connectivity index (χ4v) is 5.28. The average molecular weight is 609 g/mol. The van der Waals surface area contributed by atoms with Crippen molar-refractivity contribution in [2.24, 2.45) is 0 Å². The van der Waals surface area contributed by atoms with Gasteiger partial charge in [0.2, 0.25) is 5.91 Å². The number of aromatic carboxylic acids is 1. The molecule has 0 saturated carbocycles. The van der Waals surface area contributed by atoms with Gasteiger partial charge >= 0.3 is 5.97 Å². The van der Waals surface area contributed by atoms with Crippen LogP contribution >= 0.6 is 11.6 Å². The number of tetrazole rings is 1. The number of fused-ring (bicyclic) bond motifs is 1. The molecule has 5 aromatic rings. The number of hydrogen-bond acceptors (Lipinski definition) is 7. The molecule has 1 unspecified atom stereocenters. The summed E-state index contributed by atoms with van der Waals surface area (Å²) in [5.41, 5.74) is 4.10. The number of anilines is 1. The van der Waals surface area contributed by atoms with Gasteiger partial charge in [0.05, 0.1) is 23.5 Å². The van der Waals surface area contributed by atoms with Crippen molar-refractivity contribution in [2.45, 2.75) is 19.0 Å². The summed E-state index contributed by atoms with van der Waals surface area (Å²) < 4.78 is 3.23. The zero-order valence-electron chi connectivity index (χ0n) is 23.1. The molecule has 0 radical (unpaired) electrons. The average Bonchev–Trinajstić information content (AvgIpc) is 3.70. The van der Waals surface area contributed by atoms with Crippen molar-refractivity contribution in [2.75, 3.05) is 11.9 Å². The molecule has 2 N–H and O–H groups in total. The minimum Gasteiger partial charge on any atom is -0.478 e. The standard InChI is InChI=1S/C31H25ClN8O4/c32-23-9-12-27(40-19-33-36-37-40)22(16-23)8-13-28(41)39-15-14-26-25(18-38(35-26)17-20-4-2-1-3-5-20)29(39)30(42)34-24-10-6-21(7-11-24)31(43)44/h1-13,16,18-19,29H,14-15,17H2,(H,34,42)(H,43,44). The molecule has 1 aliphatic rings. The number of aromatic nitrogens is 6. The van der Waals surface area contributed by atoms with Crippen LogP contribution in [0, 0.1) is 0 Å². The van der Waals surface area contributed by atoms with Crippen molar-refractivity contribution in [3.8, 4) is 5.69 Å². The number of nitrogens with one attached hydrogen (secondary N) is 1. The van der Waals surface area contributed by atoms with Crippen molar-refractivity contribution in [3.63, 3.8) is 0 Å². The van der Waals surface area contributed by atoms with Crippen molar-refractivity contribution >= 4 is 41.1 Å². The molecule has 3 aromatic carbocycles. The summed E-state index contributed by atoms with van der Waals surface area (Å²) in [5, 5.41) is 28.6. The largest absolute Gasteiger partial charge is 0.478 e. The van der Waals surface area contributed by atoms with E-state index in [1.165, 1.54) is 46.3 Å². The third kappa shape index (κ3) is 6.10. The van der Waals surface area contributed by atoms with Gasteiger partial charge in [-0.3, -0.25) is 14.3 Å². The zero-order valence-corrected chi connectivity index (χ0v) is 23.9. The first kappa shape index (κ1) is 28.5. The fourth-order valence-electron chi connectivity index (χ4n) is 5.10.